The van der Waals surface area contributed by atoms with Gasteiger partial charge in [-0.1, -0.05) is 24.6 Å². The number of carbonyl (C=O) groups excluding carboxylic acids is 1. The minimum Gasteiger partial charge on any atom is -0.491 e. The third-order valence-corrected chi connectivity index (χ3v) is 3.70. The number of aryl methyl sites for hydroxylation is 2. The summed E-state index contributed by atoms with van der Waals surface area (Å²) in [7, 11) is 0. The van der Waals surface area contributed by atoms with Gasteiger partial charge in [0.1, 0.15) is 5.75 Å². The van der Waals surface area contributed by atoms with Gasteiger partial charge in [-0.2, -0.15) is 0 Å². The Balaban J connectivity index is 2.20. The van der Waals surface area contributed by atoms with Crippen LogP contribution in [0.5, 0.6) is 5.75 Å². The molecule has 3 N–H and O–H groups in total. The Labute approximate surface area is 141 Å². The van der Waals surface area contributed by atoms with E-state index in [1.807, 2.05) is 32.9 Å². The Morgan fingerprint density at radius 3 is 2.61 bits per heavy atom. The molecular formula is C18H21ClN2O2. The molecule has 0 aliphatic carbocycles. The Kier molecular flexibility index (Phi) is 5.50. The van der Waals surface area contributed by atoms with Crippen LogP contribution in [0.3, 0.4) is 0 Å². The molecule has 0 aromatic heterocycles. The molecule has 0 aliphatic rings. The lowest BCUT2D eigenvalue weighted by molar-refractivity contribution is 0.102. The van der Waals surface area contributed by atoms with E-state index in [9.17, 15) is 4.79 Å². The molecule has 5 heteroatoms. The lowest BCUT2D eigenvalue weighted by Gasteiger charge is -2.13. The molecule has 122 valence electrons. The van der Waals surface area contributed by atoms with Crippen LogP contribution in [-0.4, -0.2) is 12.5 Å². The topological polar surface area (TPSA) is 64.3 Å². The summed E-state index contributed by atoms with van der Waals surface area (Å²) in [5.41, 5.74) is 9.43. The highest BCUT2D eigenvalue weighted by Gasteiger charge is 2.13. The third kappa shape index (κ3) is 4.17. The van der Waals surface area contributed by atoms with Crippen LogP contribution in [0.4, 0.5) is 11.4 Å². The summed E-state index contributed by atoms with van der Waals surface area (Å²) in [6, 6.07) is 8.80. The van der Waals surface area contributed by atoms with E-state index in [2.05, 4.69) is 5.32 Å². The molecule has 0 radical (unpaired) electrons. The van der Waals surface area contributed by atoms with E-state index in [1.54, 1.807) is 18.2 Å². The van der Waals surface area contributed by atoms with Crippen molar-refractivity contribution in [3.8, 4) is 5.75 Å². The molecular weight excluding hydrogens is 312 g/mol. The van der Waals surface area contributed by atoms with Gasteiger partial charge >= 0.3 is 0 Å². The number of amides is 1. The molecule has 0 unspecified atom stereocenters. The molecule has 2 rings (SSSR count). The second-order valence-corrected chi connectivity index (χ2v) is 5.90. The average molecular weight is 333 g/mol. The number of nitrogen functional groups attached to an aromatic ring is 1. The van der Waals surface area contributed by atoms with E-state index >= 15 is 0 Å². The minimum atomic E-state index is -0.257. The van der Waals surface area contributed by atoms with Crippen molar-refractivity contribution in [1.82, 2.24) is 0 Å². The van der Waals surface area contributed by atoms with Crippen LogP contribution in [0.1, 0.15) is 34.8 Å². The van der Waals surface area contributed by atoms with E-state index in [-0.39, 0.29) is 5.91 Å². The molecule has 0 heterocycles. The number of carbonyl (C=O) groups is 1. The number of nitrogens with two attached hydrogens (primary N) is 1. The zero-order valence-corrected chi connectivity index (χ0v) is 14.3. The van der Waals surface area contributed by atoms with E-state index < -0.39 is 0 Å². The van der Waals surface area contributed by atoms with Crippen LogP contribution in [-0.2, 0) is 0 Å². The summed E-state index contributed by atoms with van der Waals surface area (Å²) in [5.74, 6) is 0.334. The molecule has 0 aliphatic heterocycles. The van der Waals surface area contributed by atoms with Crippen LogP contribution >= 0.6 is 11.6 Å². The Morgan fingerprint density at radius 2 is 2.00 bits per heavy atom. The number of anilines is 2. The second kappa shape index (κ2) is 7.38. The van der Waals surface area contributed by atoms with Crippen LogP contribution in [0.2, 0.25) is 5.02 Å². The molecule has 2 aromatic rings. The normalized spacial score (nSPS) is 10.4. The standard InChI is InChI=1S/C18H21ClN2O2/c1-4-7-23-16-6-5-13(10-15(16)20)18(22)21-17-12(3)8-11(2)9-14(17)19/h5-6,8-10H,4,7,20H2,1-3H3,(H,21,22). The summed E-state index contributed by atoms with van der Waals surface area (Å²) >= 11 is 6.22. The number of benzene rings is 2. The van der Waals surface area contributed by atoms with Crippen molar-refractivity contribution >= 4 is 28.9 Å². The Bertz CT molecular complexity index is 706. The van der Waals surface area contributed by atoms with Crippen LogP contribution in [0.15, 0.2) is 30.3 Å². The molecule has 23 heavy (non-hydrogen) atoms. The zero-order chi connectivity index (χ0) is 17.0. The molecule has 0 spiro atoms. The first-order chi connectivity index (χ1) is 10.9. The third-order valence-electron chi connectivity index (χ3n) is 3.40. The number of rotatable bonds is 5. The van der Waals surface area contributed by atoms with Crippen molar-refractivity contribution in [2.24, 2.45) is 0 Å². The summed E-state index contributed by atoms with van der Waals surface area (Å²) < 4.78 is 5.51. The number of ether oxygens (including phenoxy) is 1. The fraction of sp³-hybridized carbons (Fsp3) is 0.278. The van der Waals surface area contributed by atoms with Gasteiger partial charge in [-0.15, -0.1) is 0 Å². The maximum absolute atomic E-state index is 12.4. The van der Waals surface area contributed by atoms with Gasteiger partial charge in [0, 0.05) is 5.56 Å². The molecule has 0 atom stereocenters. The van der Waals surface area contributed by atoms with Crippen molar-refractivity contribution < 1.29 is 9.53 Å². The average Bonchev–Trinajstić information content (AvgIpc) is 2.49. The summed E-state index contributed by atoms with van der Waals surface area (Å²) in [6.07, 6.45) is 0.896. The highest BCUT2D eigenvalue weighted by molar-refractivity contribution is 6.34. The first-order valence-corrected chi connectivity index (χ1v) is 7.90. The van der Waals surface area contributed by atoms with Crippen LogP contribution in [0, 0.1) is 13.8 Å². The van der Waals surface area contributed by atoms with E-state index in [0.717, 1.165) is 17.5 Å². The number of hydrogen-bond acceptors (Lipinski definition) is 3. The summed E-state index contributed by atoms with van der Waals surface area (Å²) in [5, 5.41) is 3.36. The fourth-order valence-corrected chi connectivity index (χ4v) is 2.66. The van der Waals surface area contributed by atoms with Gasteiger partial charge in [-0.05, 0) is 55.7 Å². The smallest absolute Gasteiger partial charge is 0.255 e. The predicted molar refractivity (Wildman–Crippen MR) is 95.5 cm³/mol. The van der Waals surface area contributed by atoms with Gasteiger partial charge in [-0.3, -0.25) is 4.79 Å². The highest BCUT2D eigenvalue weighted by Crippen LogP contribution is 2.28. The quantitative estimate of drug-likeness (QED) is 0.788. The minimum absolute atomic E-state index is 0.257. The van der Waals surface area contributed by atoms with Gasteiger partial charge in [0.15, 0.2) is 0 Å². The molecule has 4 nitrogen and oxygen atoms in total. The SMILES string of the molecule is CCCOc1ccc(C(=O)Nc2c(C)cc(C)cc2Cl)cc1N. The molecule has 0 bridgehead atoms. The highest BCUT2D eigenvalue weighted by atomic mass is 35.5. The Morgan fingerprint density at radius 1 is 1.26 bits per heavy atom. The van der Waals surface area contributed by atoms with Crippen molar-refractivity contribution in [3.63, 3.8) is 0 Å². The maximum atomic E-state index is 12.4. The number of hydrogen-bond donors (Lipinski definition) is 2. The second-order valence-electron chi connectivity index (χ2n) is 5.49. The fourth-order valence-electron chi connectivity index (χ4n) is 2.29. The monoisotopic (exact) mass is 332 g/mol. The van der Waals surface area contributed by atoms with Gasteiger partial charge in [0.05, 0.1) is 23.0 Å². The molecule has 1 amide bonds. The van der Waals surface area contributed by atoms with E-state index in [4.69, 9.17) is 22.1 Å². The lowest BCUT2D eigenvalue weighted by Crippen LogP contribution is -2.14. The van der Waals surface area contributed by atoms with Gasteiger partial charge in [0.25, 0.3) is 5.91 Å². The van der Waals surface area contributed by atoms with Crippen LogP contribution in [0.25, 0.3) is 0 Å². The largest absolute Gasteiger partial charge is 0.491 e. The summed E-state index contributed by atoms with van der Waals surface area (Å²) in [6.45, 7) is 6.48. The van der Waals surface area contributed by atoms with E-state index in [0.29, 0.717) is 34.3 Å². The molecule has 2 aromatic carbocycles. The molecule has 0 saturated heterocycles. The first-order valence-electron chi connectivity index (χ1n) is 7.52. The summed E-state index contributed by atoms with van der Waals surface area (Å²) in [4.78, 5) is 12.4. The maximum Gasteiger partial charge on any atom is 0.255 e. The van der Waals surface area contributed by atoms with Crippen molar-refractivity contribution in [3.05, 3.63) is 52.0 Å². The van der Waals surface area contributed by atoms with Gasteiger partial charge in [-0.25, -0.2) is 0 Å². The number of nitrogens with one attached hydrogen (secondary N) is 1. The Hall–Kier alpha value is -2.20. The predicted octanol–water partition coefficient (Wildman–Crippen LogP) is 4.58. The number of halogens is 1. The zero-order valence-electron chi connectivity index (χ0n) is 13.6. The van der Waals surface area contributed by atoms with Gasteiger partial charge in [0.2, 0.25) is 0 Å². The molecule has 0 saturated carbocycles. The lowest BCUT2D eigenvalue weighted by atomic mass is 10.1. The van der Waals surface area contributed by atoms with Crippen molar-refractivity contribution in [2.45, 2.75) is 27.2 Å². The molecule has 0 fully saturated rings. The van der Waals surface area contributed by atoms with E-state index in [1.165, 1.54) is 0 Å². The first kappa shape index (κ1) is 17.2. The van der Waals surface area contributed by atoms with Gasteiger partial charge < -0.3 is 15.8 Å². The van der Waals surface area contributed by atoms with Crippen molar-refractivity contribution in [2.75, 3.05) is 17.7 Å². The van der Waals surface area contributed by atoms with Crippen LogP contribution < -0.4 is 15.8 Å². The van der Waals surface area contributed by atoms with Crippen molar-refractivity contribution in [1.29, 1.82) is 0 Å².